The number of rotatable bonds is 5. The van der Waals surface area contributed by atoms with Crippen LogP contribution in [0, 0.1) is 0 Å². The molecule has 6 nitrogen and oxygen atoms in total. The van der Waals surface area contributed by atoms with Crippen molar-refractivity contribution in [3.05, 3.63) is 86.9 Å². The smallest absolute Gasteiger partial charge is 0.235 e. The number of carbonyl (C=O) groups is 1. The van der Waals surface area contributed by atoms with E-state index in [0.717, 1.165) is 28.0 Å². The number of ether oxygens (including phenoxy) is 3. The standard InChI is InChI=1S/C26H24Cl2N2O4/c1-30-12-18-11-24-23(10-17(18)9-22(30)26(29)31)33-14-25(34-24)16-3-2-4-19(8-16)32-13-15-5-6-20(27)21(28)7-15/h2-8,10-11,22,25H,9,12-14H2,1H3,(H2,29,31). The van der Waals surface area contributed by atoms with Crippen LogP contribution >= 0.6 is 23.2 Å². The number of halogens is 2. The van der Waals surface area contributed by atoms with E-state index >= 15 is 0 Å². The highest BCUT2D eigenvalue weighted by molar-refractivity contribution is 6.42. The van der Waals surface area contributed by atoms with Crippen molar-refractivity contribution in [2.75, 3.05) is 13.7 Å². The fourth-order valence-corrected chi connectivity index (χ4v) is 4.69. The number of nitrogens with two attached hydrogens (primary N) is 1. The highest BCUT2D eigenvalue weighted by Crippen LogP contribution is 2.40. The molecule has 0 bridgehead atoms. The molecule has 2 N–H and O–H groups in total. The lowest BCUT2D eigenvalue weighted by molar-refractivity contribution is -0.123. The van der Waals surface area contributed by atoms with Gasteiger partial charge in [0, 0.05) is 6.54 Å². The number of nitrogens with zero attached hydrogens (tertiary/aromatic N) is 1. The minimum absolute atomic E-state index is 0.265. The van der Waals surface area contributed by atoms with Crippen molar-refractivity contribution in [2.45, 2.75) is 31.7 Å². The van der Waals surface area contributed by atoms with Gasteiger partial charge in [-0.05, 0) is 72.1 Å². The molecule has 3 aromatic carbocycles. The van der Waals surface area contributed by atoms with E-state index in [1.165, 1.54) is 0 Å². The monoisotopic (exact) mass is 498 g/mol. The molecule has 0 aliphatic carbocycles. The molecule has 0 radical (unpaired) electrons. The van der Waals surface area contributed by atoms with Gasteiger partial charge in [0.15, 0.2) is 17.6 Å². The van der Waals surface area contributed by atoms with Gasteiger partial charge < -0.3 is 19.9 Å². The van der Waals surface area contributed by atoms with Crippen LogP contribution in [0.3, 0.4) is 0 Å². The Kier molecular flexibility index (Phi) is 6.30. The lowest BCUT2D eigenvalue weighted by Gasteiger charge is -2.34. The Hall–Kier alpha value is -2.93. The van der Waals surface area contributed by atoms with Crippen molar-refractivity contribution in [3.8, 4) is 17.2 Å². The maximum atomic E-state index is 11.7. The summed E-state index contributed by atoms with van der Waals surface area (Å²) >= 11 is 12.1. The SMILES string of the molecule is CN1Cc2cc3c(cc2CC1C(N)=O)OCC(c1cccc(OCc2ccc(Cl)c(Cl)c2)c1)O3. The molecule has 1 amide bonds. The van der Waals surface area contributed by atoms with Gasteiger partial charge in [-0.2, -0.15) is 0 Å². The van der Waals surface area contributed by atoms with Crippen molar-refractivity contribution in [3.63, 3.8) is 0 Å². The summed E-state index contributed by atoms with van der Waals surface area (Å²) in [4.78, 5) is 13.7. The van der Waals surface area contributed by atoms with E-state index in [4.69, 9.17) is 43.1 Å². The highest BCUT2D eigenvalue weighted by Gasteiger charge is 2.31. The summed E-state index contributed by atoms with van der Waals surface area (Å²) in [5.74, 6) is 1.80. The number of fused-ring (bicyclic) bond motifs is 2. The zero-order valence-electron chi connectivity index (χ0n) is 18.6. The van der Waals surface area contributed by atoms with Crippen molar-refractivity contribution in [1.82, 2.24) is 4.90 Å². The van der Waals surface area contributed by atoms with Crippen LogP contribution in [0.15, 0.2) is 54.6 Å². The lowest BCUT2D eigenvalue weighted by atomic mass is 9.93. The minimum Gasteiger partial charge on any atom is -0.489 e. The van der Waals surface area contributed by atoms with Crippen molar-refractivity contribution in [1.29, 1.82) is 0 Å². The quantitative estimate of drug-likeness (QED) is 0.539. The van der Waals surface area contributed by atoms with E-state index in [9.17, 15) is 4.79 Å². The largest absolute Gasteiger partial charge is 0.489 e. The van der Waals surface area contributed by atoms with Gasteiger partial charge in [-0.3, -0.25) is 9.69 Å². The molecule has 34 heavy (non-hydrogen) atoms. The molecule has 2 aliphatic heterocycles. The second-order valence-electron chi connectivity index (χ2n) is 8.63. The predicted octanol–water partition coefficient (Wildman–Crippen LogP) is 4.93. The molecule has 0 aromatic heterocycles. The third kappa shape index (κ3) is 4.67. The molecular weight excluding hydrogens is 475 g/mol. The number of hydrogen-bond acceptors (Lipinski definition) is 5. The number of carbonyl (C=O) groups excluding carboxylic acids is 1. The Morgan fingerprint density at radius 3 is 2.71 bits per heavy atom. The molecule has 2 heterocycles. The van der Waals surface area contributed by atoms with Crippen LogP contribution in [0.5, 0.6) is 17.2 Å². The summed E-state index contributed by atoms with van der Waals surface area (Å²) in [6, 6.07) is 16.9. The predicted molar refractivity (Wildman–Crippen MR) is 131 cm³/mol. The van der Waals surface area contributed by atoms with E-state index in [2.05, 4.69) is 0 Å². The van der Waals surface area contributed by atoms with Gasteiger partial charge in [0.25, 0.3) is 0 Å². The van der Waals surface area contributed by atoms with Gasteiger partial charge in [0.1, 0.15) is 19.0 Å². The zero-order valence-corrected chi connectivity index (χ0v) is 20.1. The Bertz CT molecular complexity index is 1250. The molecule has 0 saturated heterocycles. The average molecular weight is 499 g/mol. The number of benzene rings is 3. The summed E-state index contributed by atoms with van der Waals surface area (Å²) in [5, 5.41) is 1.02. The zero-order chi connectivity index (χ0) is 23.8. The molecule has 3 aromatic rings. The molecule has 0 saturated carbocycles. The Labute approximate surface area is 208 Å². The van der Waals surface area contributed by atoms with Crippen LogP contribution in [-0.2, 0) is 24.4 Å². The average Bonchev–Trinajstić information content (AvgIpc) is 2.83. The first-order valence-electron chi connectivity index (χ1n) is 11.0. The molecule has 2 atom stereocenters. The third-order valence-electron chi connectivity index (χ3n) is 6.24. The summed E-state index contributed by atoms with van der Waals surface area (Å²) in [6.07, 6.45) is 0.304. The maximum Gasteiger partial charge on any atom is 0.235 e. The highest BCUT2D eigenvalue weighted by atomic mass is 35.5. The lowest BCUT2D eigenvalue weighted by Crippen LogP contribution is -2.46. The van der Waals surface area contributed by atoms with Gasteiger partial charge in [-0.15, -0.1) is 0 Å². The molecule has 0 fully saturated rings. The van der Waals surface area contributed by atoms with Gasteiger partial charge in [0.05, 0.1) is 16.1 Å². The van der Waals surface area contributed by atoms with Crippen molar-refractivity contribution < 1.29 is 19.0 Å². The first-order valence-corrected chi connectivity index (χ1v) is 11.7. The van der Waals surface area contributed by atoms with Crippen molar-refractivity contribution >= 4 is 29.1 Å². The fraction of sp³-hybridized carbons (Fsp3) is 0.269. The molecule has 2 unspecified atom stereocenters. The molecule has 176 valence electrons. The minimum atomic E-state index is -0.315. The van der Waals surface area contributed by atoms with Gasteiger partial charge >= 0.3 is 0 Å². The first-order chi connectivity index (χ1) is 16.4. The Morgan fingerprint density at radius 1 is 1.09 bits per heavy atom. The normalized spacial score (nSPS) is 19.4. The summed E-state index contributed by atoms with van der Waals surface area (Å²) in [5.41, 5.74) is 9.63. The Balaban J connectivity index is 1.30. The van der Waals surface area contributed by atoms with E-state index in [1.807, 2.05) is 54.4 Å². The summed E-state index contributed by atoms with van der Waals surface area (Å²) in [6.45, 7) is 1.38. The van der Waals surface area contributed by atoms with Crippen LogP contribution in [0.4, 0.5) is 0 Å². The van der Waals surface area contributed by atoms with E-state index in [-0.39, 0.29) is 18.1 Å². The van der Waals surface area contributed by atoms with Gasteiger partial charge in [0.2, 0.25) is 5.91 Å². The number of likely N-dealkylation sites (N-methyl/N-ethyl adjacent to an activating group) is 1. The van der Waals surface area contributed by atoms with Crippen molar-refractivity contribution in [2.24, 2.45) is 5.73 Å². The molecule has 0 spiro atoms. The van der Waals surface area contributed by atoms with Crippen LogP contribution in [-0.4, -0.2) is 30.5 Å². The fourth-order valence-electron chi connectivity index (χ4n) is 4.36. The van der Waals surface area contributed by atoms with Gasteiger partial charge in [-0.25, -0.2) is 0 Å². The molecule has 5 rings (SSSR count). The molecule has 8 heteroatoms. The van der Waals surface area contributed by atoms with E-state index in [1.54, 1.807) is 12.1 Å². The second kappa shape index (κ2) is 9.37. The van der Waals surface area contributed by atoms with Crippen LogP contribution in [0.25, 0.3) is 0 Å². The third-order valence-corrected chi connectivity index (χ3v) is 6.98. The van der Waals surface area contributed by atoms with Crippen LogP contribution in [0.1, 0.15) is 28.4 Å². The topological polar surface area (TPSA) is 74.0 Å². The molecular formula is C26H24Cl2N2O4. The number of amides is 1. The van der Waals surface area contributed by atoms with E-state index in [0.29, 0.717) is 47.7 Å². The Morgan fingerprint density at radius 2 is 1.91 bits per heavy atom. The summed E-state index contributed by atoms with van der Waals surface area (Å²) < 4.78 is 18.3. The maximum absolute atomic E-state index is 11.7. The summed E-state index contributed by atoms with van der Waals surface area (Å²) in [7, 11) is 1.90. The molecule has 2 aliphatic rings. The van der Waals surface area contributed by atoms with Crippen LogP contribution < -0.4 is 19.9 Å². The van der Waals surface area contributed by atoms with E-state index < -0.39 is 0 Å². The van der Waals surface area contributed by atoms with Gasteiger partial charge in [-0.1, -0.05) is 41.4 Å². The number of primary amides is 1. The first kappa shape index (κ1) is 22.8. The van der Waals surface area contributed by atoms with Crippen LogP contribution in [0.2, 0.25) is 10.0 Å². The second-order valence-corrected chi connectivity index (χ2v) is 9.45. The number of hydrogen-bond donors (Lipinski definition) is 1.